The predicted molar refractivity (Wildman–Crippen MR) is 135 cm³/mol. The summed E-state index contributed by atoms with van der Waals surface area (Å²) in [6.45, 7) is 1.59. The number of amides is 1. The van der Waals surface area contributed by atoms with Crippen LogP contribution in [0.2, 0.25) is 0 Å². The van der Waals surface area contributed by atoms with Gasteiger partial charge in [0, 0.05) is 48.0 Å². The van der Waals surface area contributed by atoms with Crippen molar-refractivity contribution in [2.24, 2.45) is 7.05 Å². The first kappa shape index (κ1) is 24.4. The summed E-state index contributed by atoms with van der Waals surface area (Å²) in [5.74, 6) is -1.10. The number of aromatic nitrogens is 2. The number of anilines is 1. The summed E-state index contributed by atoms with van der Waals surface area (Å²) in [6.07, 6.45) is 3.43. The molecule has 0 saturated heterocycles. The predicted octanol–water partition coefficient (Wildman–Crippen LogP) is 4.08. The highest BCUT2D eigenvalue weighted by molar-refractivity contribution is 6.12. The zero-order valence-corrected chi connectivity index (χ0v) is 20.0. The van der Waals surface area contributed by atoms with Crippen molar-refractivity contribution in [3.8, 4) is 6.07 Å². The number of nitrogens with zero attached hydrogens (tertiary/aromatic N) is 4. The molecule has 4 aromatic rings. The lowest BCUT2D eigenvalue weighted by Gasteiger charge is -2.22. The highest BCUT2D eigenvalue weighted by Crippen LogP contribution is 2.28. The Morgan fingerprint density at radius 2 is 1.86 bits per heavy atom. The normalized spacial score (nSPS) is 10.6. The molecular weight excluding hydrogens is 456 g/mol. The first-order valence-corrected chi connectivity index (χ1v) is 11.4. The quantitative estimate of drug-likeness (QED) is 0.278. The summed E-state index contributed by atoms with van der Waals surface area (Å²) < 4.78 is 6.93. The van der Waals surface area contributed by atoms with Crippen LogP contribution in [-0.4, -0.2) is 40.4 Å². The lowest BCUT2D eigenvalue weighted by atomic mass is 10.0. The van der Waals surface area contributed by atoms with Crippen LogP contribution < -0.4 is 4.90 Å². The van der Waals surface area contributed by atoms with Gasteiger partial charge in [-0.25, -0.2) is 0 Å². The molecule has 4 rings (SSSR count). The molecule has 36 heavy (non-hydrogen) atoms. The van der Waals surface area contributed by atoms with Crippen molar-refractivity contribution in [2.75, 3.05) is 18.1 Å². The number of esters is 1. The number of hydrogen-bond acceptors (Lipinski definition) is 6. The molecule has 0 spiro atoms. The summed E-state index contributed by atoms with van der Waals surface area (Å²) in [4.78, 5) is 44.3. The highest BCUT2D eigenvalue weighted by atomic mass is 16.5. The average molecular weight is 481 g/mol. The lowest BCUT2D eigenvalue weighted by molar-refractivity contribution is -0.141. The van der Waals surface area contributed by atoms with Gasteiger partial charge in [-0.05, 0) is 55.0 Å². The minimum Gasteiger partial charge on any atom is -0.465 e. The molecule has 0 fully saturated rings. The molecule has 2 aromatic carbocycles. The zero-order valence-electron chi connectivity index (χ0n) is 20.0. The standard InChI is InChI=1S/C28H24N4O4/c1-3-36-27(34)18-32(28(35)24-6-4-5-13-30-24)21-11-12-25-22(15-21)23(17-31(25)2)26(33)14-19-7-9-20(16-29)10-8-19/h4-13,15,17H,3,14,18H2,1-2H3. The van der Waals surface area contributed by atoms with Gasteiger partial charge in [-0.3, -0.25) is 24.3 Å². The second-order valence-corrected chi connectivity index (χ2v) is 8.18. The number of ketones is 1. The smallest absolute Gasteiger partial charge is 0.326 e. The number of aryl methyl sites for hydroxylation is 1. The van der Waals surface area contributed by atoms with Gasteiger partial charge in [0.2, 0.25) is 0 Å². The minimum atomic E-state index is -0.549. The van der Waals surface area contributed by atoms with Crippen LogP contribution in [0.5, 0.6) is 0 Å². The van der Waals surface area contributed by atoms with E-state index >= 15 is 0 Å². The zero-order chi connectivity index (χ0) is 25.7. The van der Waals surface area contributed by atoms with E-state index in [4.69, 9.17) is 10.00 Å². The maximum atomic E-state index is 13.3. The second kappa shape index (κ2) is 10.7. The molecular formula is C28H24N4O4. The van der Waals surface area contributed by atoms with Crippen molar-refractivity contribution in [3.63, 3.8) is 0 Å². The third kappa shape index (κ3) is 5.15. The number of hydrogen-bond donors (Lipinski definition) is 0. The van der Waals surface area contributed by atoms with Gasteiger partial charge in [-0.2, -0.15) is 5.26 Å². The van der Waals surface area contributed by atoms with Crippen LogP contribution in [0.4, 0.5) is 5.69 Å². The number of rotatable bonds is 8. The van der Waals surface area contributed by atoms with Crippen LogP contribution in [0.15, 0.2) is 73.1 Å². The monoisotopic (exact) mass is 480 g/mol. The van der Waals surface area contributed by atoms with E-state index in [2.05, 4.69) is 11.1 Å². The molecule has 0 saturated carbocycles. The Labute approximate surface area is 208 Å². The molecule has 0 aliphatic rings. The van der Waals surface area contributed by atoms with E-state index in [1.165, 1.54) is 11.1 Å². The van der Waals surface area contributed by atoms with Crippen LogP contribution in [-0.2, 0) is 23.0 Å². The van der Waals surface area contributed by atoms with Crippen LogP contribution in [0, 0.1) is 11.3 Å². The van der Waals surface area contributed by atoms with Gasteiger partial charge in [0.25, 0.3) is 5.91 Å². The van der Waals surface area contributed by atoms with E-state index in [9.17, 15) is 14.4 Å². The van der Waals surface area contributed by atoms with Gasteiger partial charge in [0.05, 0.1) is 18.2 Å². The van der Waals surface area contributed by atoms with Crippen molar-refractivity contribution in [1.82, 2.24) is 9.55 Å². The number of carbonyl (C=O) groups excluding carboxylic acids is 3. The fourth-order valence-electron chi connectivity index (χ4n) is 3.99. The summed E-state index contributed by atoms with van der Waals surface area (Å²) in [5.41, 5.74) is 3.27. The number of Topliss-reactive ketones (excluding diaryl/α,β-unsaturated/α-hetero) is 1. The largest absolute Gasteiger partial charge is 0.465 e. The molecule has 2 heterocycles. The van der Waals surface area contributed by atoms with Crippen LogP contribution in [0.25, 0.3) is 10.9 Å². The first-order valence-electron chi connectivity index (χ1n) is 11.4. The molecule has 0 atom stereocenters. The molecule has 2 aromatic heterocycles. The maximum absolute atomic E-state index is 13.3. The van der Waals surface area contributed by atoms with Crippen molar-refractivity contribution in [1.29, 1.82) is 5.26 Å². The van der Waals surface area contributed by atoms with Crippen LogP contribution in [0.1, 0.15) is 38.9 Å². The summed E-state index contributed by atoms with van der Waals surface area (Å²) >= 11 is 0. The molecule has 8 heteroatoms. The molecule has 0 aliphatic carbocycles. The van der Waals surface area contributed by atoms with Crippen molar-refractivity contribution in [3.05, 3.63) is 95.4 Å². The number of ether oxygens (including phenoxy) is 1. The number of benzene rings is 2. The number of nitriles is 1. The van der Waals surface area contributed by atoms with Crippen LogP contribution >= 0.6 is 0 Å². The van der Waals surface area contributed by atoms with Gasteiger partial charge < -0.3 is 9.30 Å². The summed E-state index contributed by atoms with van der Waals surface area (Å²) in [5, 5.41) is 9.66. The van der Waals surface area contributed by atoms with Crippen LogP contribution in [0.3, 0.4) is 0 Å². The molecule has 8 nitrogen and oxygen atoms in total. The van der Waals surface area contributed by atoms with Gasteiger partial charge in [-0.15, -0.1) is 0 Å². The third-order valence-electron chi connectivity index (χ3n) is 5.75. The highest BCUT2D eigenvalue weighted by Gasteiger charge is 2.24. The number of fused-ring (bicyclic) bond motifs is 1. The summed E-state index contributed by atoms with van der Waals surface area (Å²) in [6, 6.07) is 19.2. The molecule has 0 N–H and O–H groups in total. The SMILES string of the molecule is CCOC(=O)CN(C(=O)c1ccccn1)c1ccc2c(c1)c(C(=O)Cc1ccc(C#N)cc1)cn2C. The maximum Gasteiger partial charge on any atom is 0.326 e. The first-order chi connectivity index (χ1) is 17.4. The van der Waals surface area contributed by atoms with Gasteiger partial charge in [-0.1, -0.05) is 18.2 Å². The van der Waals surface area contributed by atoms with Gasteiger partial charge in [0.1, 0.15) is 12.2 Å². The van der Waals surface area contributed by atoms with Crippen molar-refractivity contribution < 1.29 is 19.1 Å². The van der Waals surface area contributed by atoms with E-state index < -0.39 is 11.9 Å². The molecule has 0 bridgehead atoms. The third-order valence-corrected chi connectivity index (χ3v) is 5.75. The molecule has 1 amide bonds. The Morgan fingerprint density at radius 3 is 2.53 bits per heavy atom. The van der Waals surface area contributed by atoms with Gasteiger partial charge in [0.15, 0.2) is 5.78 Å². The number of carbonyl (C=O) groups is 3. The Morgan fingerprint density at radius 1 is 1.08 bits per heavy atom. The molecule has 0 unspecified atom stereocenters. The minimum absolute atomic E-state index is 0.101. The molecule has 0 aliphatic heterocycles. The molecule has 0 radical (unpaired) electrons. The van der Waals surface area contributed by atoms with E-state index in [1.807, 2.05) is 17.7 Å². The van der Waals surface area contributed by atoms with Crippen molar-refractivity contribution in [2.45, 2.75) is 13.3 Å². The lowest BCUT2D eigenvalue weighted by Crippen LogP contribution is -2.37. The Kier molecular flexibility index (Phi) is 7.21. The van der Waals surface area contributed by atoms with E-state index in [1.54, 1.807) is 67.7 Å². The van der Waals surface area contributed by atoms with E-state index in [0.29, 0.717) is 22.2 Å². The fraction of sp³-hybridized carbons (Fsp3) is 0.179. The summed E-state index contributed by atoms with van der Waals surface area (Å²) in [7, 11) is 1.84. The Bertz CT molecular complexity index is 1470. The second-order valence-electron chi connectivity index (χ2n) is 8.18. The topological polar surface area (TPSA) is 105 Å². The van der Waals surface area contributed by atoms with E-state index in [0.717, 1.165) is 11.1 Å². The van der Waals surface area contributed by atoms with Crippen molar-refractivity contribution >= 4 is 34.3 Å². The molecule has 180 valence electrons. The number of pyridine rings is 1. The Balaban J connectivity index is 1.72. The Hall–Kier alpha value is -4.77. The fourth-order valence-corrected chi connectivity index (χ4v) is 3.99. The average Bonchev–Trinajstić information content (AvgIpc) is 3.24. The van der Waals surface area contributed by atoms with E-state index in [-0.39, 0.29) is 31.0 Å². The van der Waals surface area contributed by atoms with Gasteiger partial charge >= 0.3 is 5.97 Å².